The Bertz CT molecular complexity index is 856. The molecule has 0 fully saturated rings. The molecule has 0 unspecified atom stereocenters. The minimum Gasteiger partial charge on any atom is -0.339 e. The van der Waals surface area contributed by atoms with Gasteiger partial charge < -0.3 is 5.32 Å². The quantitative estimate of drug-likeness (QED) is 0.542. The van der Waals surface area contributed by atoms with Gasteiger partial charge >= 0.3 is 0 Å². The molecule has 0 saturated carbocycles. The molecule has 0 heterocycles. The molecule has 0 spiro atoms. The molecule has 5 nitrogen and oxygen atoms in total. The Morgan fingerprint density at radius 1 is 1.19 bits per heavy atom. The van der Waals surface area contributed by atoms with Crippen LogP contribution in [-0.2, 0) is 10.5 Å². The van der Waals surface area contributed by atoms with Crippen LogP contribution in [0.1, 0.15) is 15.9 Å². The first-order valence-corrected chi connectivity index (χ1v) is 9.88. The number of rotatable bonds is 7. The highest BCUT2D eigenvalue weighted by Crippen LogP contribution is 2.25. The first-order valence-electron chi connectivity index (χ1n) is 7.97. The lowest BCUT2D eigenvalue weighted by molar-refractivity contribution is -0.128. The average molecular weight is 422 g/mol. The summed E-state index contributed by atoms with van der Waals surface area (Å²) in [6.07, 6.45) is 1.77. The van der Waals surface area contributed by atoms with E-state index in [1.54, 1.807) is 48.7 Å². The van der Waals surface area contributed by atoms with Crippen LogP contribution in [0.5, 0.6) is 0 Å². The molecule has 0 bridgehead atoms. The Morgan fingerprint density at radius 3 is 2.52 bits per heavy atom. The zero-order valence-corrected chi connectivity index (χ0v) is 16.8. The zero-order chi connectivity index (χ0) is 19.8. The fourth-order valence-corrected chi connectivity index (χ4v) is 3.53. The van der Waals surface area contributed by atoms with Crippen molar-refractivity contribution in [2.45, 2.75) is 11.8 Å². The standard InChI is InChI=1S/C19H17Cl2N3O2S/c1-24(12-22)19(26)17(23-18(25)14-5-3-2-4-6-14)11-27-10-13-7-8-15(20)16(21)9-13/h2-9,17H,10-11H2,1H3,(H,23,25)/t17-/m0/s1. The van der Waals surface area contributed by atoms with Crippen LogP contribution in [0.15, 0.2) is 48.5 Å². The summed E-state index contributed by atoms with van der Waals surface area (Å²) in [7, 11) is 1.37. The molecule has 1 N–H and O–H groups in total. The molecule has 140 valence electrons. The van der Waals surface area contributed by atoms with E-state index in [1.165, 1.54) is 18.8 Å². The topological polar surface area (TPSA) is 73.2 Å². The van der Waals surface area contributed by atoms with Gasteiger partial charge in [-0.2, -0.15) is 17.0 Å². The number of nitriles is 1. The number of carbonyl (C=O) groups is 2. The van der Waals surface area contributed by atoms with Gasteiger partial charge in [0.1, 0.15) is 6.04 Å². The monoisotopic (exact) mass is 421 g/mol. The Balaban J connectivity index is 2.03. The minimum absolute atomic E-state index is 0.309. The number of amides is 2. The highest BCUT2D eigenvalue weighted by molar-refractivity contribution is 7.98. The van der Waals surface area contributed by atoms with Crippen LogP contribution in [0.4, 0.5) is 0 Å². The first-order chi connectivity index (χ1) is 12.9. The summed E-state index contributed by atoms with van der Waals surface area (Å²) in [6, 6.07) is 13.1. The van der Waals surface area contributed by atoms with Crippen molar-refractivity contribution in [1.29, 1.82) is 5.26 Å². The number of hydrogen-bond donors (Lipinski definition) is 1. The van der Waals surface area contributed by atoms with Crippen LogP contribution in [0.25, 0.3) is 0 Å². The van der Waals surface area contributed by atoms with Gasteiger partial charge in [-0.1, -0.05) is 47.5 Å². The van der Waals surface area contributed by atoms with Gasteiger partial charge in [-0.25, -0.2) is 0 Å². The largest absolute Gasteiger partial charge is 0.339 e. The van der Waals surface area contributed by atoms with E-state index in [0.29, 0.717) is 27.1 Å². The first kappa shape index (κ1) is 21.1. The molecule has 0 radical (unpaired) electrons. The number of hydrogen-bond acceptors (Lipinski definition) is 4. The second-order valence-corrected chi connectivity index (χ2v) is 7.50. The number of nitrogens with one attached hydrogen (secondary N) is 1. The number of carbonyl (C=O) groups excluding carboxylic acids is 2. The van der Waals surface area contributed by atoms with Crippen molar-refractivity contribution in [2.24, 2.45) is 0 Å². The molecule has 0 aliphatic heterocycles. The van der Waals surface area contributed by atoms with Crippen molar-refractivity contribution in [3.8, 4) is 6.19 Å². The summed E-state index contributed by atoms with van der Waals surface area (Å²) in [5.74, 6) is 0.0563. The van der Waals surface area contributed by atoms with Gasteiger partial charge in [0.05, 0.1) is 10.0 Å². The van der Waals surface area contributed by atoms with Gasteiger partial charge in [-0.15, -0.1) is 0 Å². The highest BCUT2D eigenvalue weighted by atomic mass is 35.5. The Morgan fingerprint density at radius 2 is 1.89 bits per heavy atom. The van der Waals surface area contributed by atoms with Crippen LogP contribution >= 0.6 is 35.0 Å². The molecule has 0 aromatic heterocycles. The van der Waals surface area contributed by atoms with Crippen LogP contribution < -0.4 is 5.32 Å². The van der Waals surface area contributed by atoms with E-state index >= 15 is 0 Å². The normalized spacial score (nSPS) is 11.3. The molecule has 2 rings (SSSR count). The molecule has 2 aromatic rings. The third-order valence-electron chi connectivity index (χ3n) is 3.66. The number of halogens is 2. The molecular weight excluding hydrogens is 405 g/mol. The van der Waals surface area contributed by atoms with E-state index in [-0.39, 0.29) is 5.91 Å². The fourth-order valence-electron chi connectivity index (χ4n) is 2.21. The third kappa shape index (κ3) is 6.17. The van der Waals surface area contributed by atoms with Crippen molar-refractivity contribution >= 4 is 46.8 Å². The maximum atomic E-state index is 12.4. The highest BCUT2D eigenvalue weighted by Gasteiger charge is 2.24. The van der Waals surface area contributed by atoms with Crippen molar-refractivity contribution in [2.75, 3.05) is 12.8 Å². The smallest absolute Gasteiger partial charge is 0.258 e. The van der Waals surface area contributed by atoms with Gasteiger partial charge in [-0.05, 0) is 29.8 Å². The Labute approximate surface area is 172 Å². The summed E-state index contributed by atoms with van der Waals surface area (Å²) in [5, 5.41) is 12.6. The van der Waals surface area contributed by atoms with Gasteiger partial charge in [0.15, 0.2) is 6.19 Å². The molecule has 0 aliphatic carbocycles. The van der Waals surface area contributed by atoms with Crippen molar-refractivity contribution < 1.29 is 9.59 Å². The average Bonchev–Trinajstić information content (AvgIpc) is 2.69. The van der Waals surface area contributed by atoms with Crippen molar-refractivity contribution in [3.63, 3.8) is 0 Å². The lowest BCUT2D eigenvalue weighted by Crippen LogP contribution is -2.47. The summed E-state index contributed by atoms with van der Waals surface area (Å²) in [6.45, 7) is 0. The predicted octanol–water partition coefficient (Wildman–Crippen LogP) is 3.96. The summed E-state index contributed by atoms with van der Waals surface area (Å²) in [4.78, 5) is 25.7. The van der Waals surface area contributed by atoms with Gasteiger partial charge in [-0.3, -0.25) is 14.5 Å². The van der Waals surface area contributed by atoms with E-state index in [4.69, 9.17) is 28.5 Å². The molecule has 1 atom stereocenters. The van der Waals surface area contributed by atoms with Gasteiger partial charge in [0.25, 0.3) is 11.8 Å². The van der Waals surface area contributed by atoms with E-state index in [0.717, 1.165) is 10.5 Å². The lowest BCUT2D eigenvalue weighted by atomic mass is 10.2. The molecule has 27 heavy (non-hydrogen) atoms. The van der Waals surface area contributed by atoms with Crippen LogP contribution in [-0.4, -0.2) is 35.6 Å². The number of benzene rings is 2. The van der Waals surface area contributed by atoms with E-state index in [1.807, 2.05) is 6.07 Å². The Hall–Kier alpha value is -2.20. The maximum Gasteiger partial charge on any atom is 0.258 e. The fraction of sp³-hybridized carbons (Fsp3) is 0.211. The minimum atomic E-state index is -0.824. The molecule has 0 saturated heterocycles. The lowest BCUT2D eigenvalue weighted by Gasteiger charge is -2.20. The number of likely N-dealkylation sites (N-methyl/N-ethyl adjacent to an activating group) is 1. The number of nitrogens with zero attached hydrogens (tertiary/aromatic N) is 2. The van der Waals surface area contributed by atoms with Crippen molar-refractivity contribution in [3.05, 3.63) is 69.7 Å². The number of thioether (sulfide) groups is 1. The van der Waals surface area contributed by atoms with E-state index < -0.39 is 11.9 Å². The summed E-state index contributed by atoms with van der Waals surface area (Å²) >= 11 is 13.4. The Kier molecular flexibility index (Phi) is 7.99. The van der Waals surface area contributed by atoms with Crippen molar-refractivity contribution in [1.82, 2.24) is 10.2 Å². The predicted molar refractivity (Wildman–Crippen MR) is 109 cm³/mol. The zero-order valence-electron chi connectivity index (χ0n) is 14.5. The molecule has 0 aliphatic rings. The van der Waals surface area contributed by atoms with Gasteiger partial charge in [0.2, 0.25) is 0 Å². The molecule has 2 amide bonds. The van der Waals surface area contributed by atoms with Crippen LogP contribution in [0.2, 0.25) is 10.0 Å². The van der Waals surface area contributed by atoms with Crippen LogP contribution in [0.3, 0.4) is 0 Å². The maximum absolute atomic E-state index is 12.4. The van der Waals surface area contributed by atoms with E-state index in [2.05, 4.69) is 5.32 Å². The summed E-state index contributed by atoms with van der Waals surface area (Å²) < 4.78 is 0. The molecule has 2 aromatic carbocycles. The molecule has 8 heteroatoms. The second kappa shape index (κ2) is 10.2. The van der Waals surface area contributed by atoms with Crippen LogP contribution in [0, 0.1) is 11.5 Å². The van der Waals surface area contributed by atoms with Gasteiger partial charge in [0, 0.05) is 24.1 Å². The SMILES string of the molecule is CN(C#N)C(=O)[C@H](CSCc1ccc(Cl)c(Cl)c1)NC(=O)c1ccccc1. The second-order valence-electron chi connectivity index (χ2n) is 5.65. The summed E-state index contributed by atoms with van der Waals surface area (Å²) in [5.41, 5.74) is 1.40. The third-order valence-corrected chi connectivity index (χ3v) is 5.50. The van der Waals surface area contributed by atoms with E-state index in [9.17, 15) is 9.59 Å². The molecular formula is C19H17Cl2N3O2S.